The van der Waals surface area contributed by atoms with Crippen LogP contribution in [0.15, 0.2) is 95.5 Å². The van der Waals surface area contributed by atoms with E-state index in [1.807, 2.05) is 96.5 Å². The van der Waals surface area contributed by atoms with Gasteiger partial charge < -0.3 is 14.4 Å². The summed E-state index contributed by atoms with van der Waals surface area (Å²) < 4.78 is 7.36. The molecule has 5 aromatic rings. The number of hydrogen-bond donors (Lipinski definition) is 1. The number of aromatic nitrogens is 3. The van der Waals surface area contributed by atoms with Crippen LogP contribution < -0.4 is 5.32 Å². The van der Waals surface area contributed by atoms with Crippen LogP contribution in [0.3, 0.4) is 0 Å². The summed E-state index contributed by atoms with van der Waals surface area (Å²) >= 11 is 0. The van der Waals surface area contributed by atoms with Gasteiger partial charge in [-0.3, -0.25) is 4.79 Å². The van der Waals surface area contributed by atoms with Crippen molar-refractivity contribution in [2.75, 3.05) is 0 Å². The number of benzene rings is 3. The molecule has 0 aliphatic rings. The fraction of sp³-hybridized carbons (Fsp3) is 0.0800. The Bertz CT molecular complexity index is 1340. The lowest BCUT2D eigenvalue weighted by Gasteiger charge is -2.18. The van der Waals surface area contributed by atoms with Gasteiger partial charge in [-0.1, -0.05) is 78.0 Å². The van der Waals surface area contributed by atoms with Crippen LogP contribution in [0.2, 0.25) is 0 Å². The van der Waals surface area contributed by atoms with E-state index in [0.29, 0.717) is 5.69 Å². The largest absolute Gasteiger partial charge is 0.350 e. The van der Waals surface area contributed by atoms with Crippen molar-refractivity contribution in [1.82, 2.24) is 20.0 Å². The van der Waals surface area contributed by atoms with Crippen LogP contribution in [0.4, 0.5) is 0 Å². The molecule has 3 aromatic carbocycles. The molecule has 0 saturated carbocycles. The summed E-state index contributed by atoms with van der Waals surface area (Å²) in [6, 6.07) is 28.5. The van der Waals surface area contributed by atoms with Crippen LogP contribution >= 0.6 is 0 Å². The third-order valence-corrected chi connectivity index (χ3v) is 5.29. The van der Waals surface area contributed by atoms with Crippen molar-refractivity contribution >= 4 is 16.9 Å². The molecule has 2 heterocycles. The maximum atomic E-state index is 13.1. The minimum absolute atomic E-state index is 0.151. The zero-order chi connectivity index (χ0) is 21.2. The summed E-state index contributed by atoms with van der Waals surface area (Å²) in [5.74, 6) is 0.540. The van der Waals surface area contributed by atoms with Gasteiger partial charge in [-0.25, -0.2) is 4.98 Å². The fourth-order valence-electron chi connectivity index (χ4n) is 3.69. The molecular formula is C25H20N4O2. The van der Waals surface area contributed by atoms with Gasteiger partial charge in [0.1, 0.15) is 17.6 Å². The molecule has 0 spiro atoms. The van der Waals surface area contributed by atoms with Crippen molar-refractivity contribution in [2.24, 2.45) is 7.05 Å². The molecule has 1 unspecified atom stereocenters. The van der Waals surface area contributed by atoms with Gasteiger partial charge in [0, 0.05) is 18.7 Å². The Morgan fingerprint density at radius 3 is 2.35 bits per heavy atom. The number of carbonyl (C=O) groups excluding carboxylic acids is 1. The number of nitrogens with zero attached hydrogens (tertiary/aromatic N) is 3. The highest BCUT2D eigenvalue weighted by atomic mass is 16.5. The molecule has 0 fully saturated rings. The molecule has 0 aliphatic heterocycles. The van der Waals surface area contributed by atoms with Crippen LogP contribution in [-0.4, -0.2) is 20.6 Å². The maximum Gasteiger partial charge on any atom is 0.290 e. The molecule has 1 N–H and O–H groups in total. The summed E-state index contributed by atoms with van der Waals surface area (Å²) in [7, 11) is 1.95. The number of imidazole rings is 1. The molecule has 0 bridgehead atoms. The first-order valence-corrected chi connectivity index (χ1v) is 10.00. The predicted molar refractivity (Wildman–Crippen MR) is 118 cm³/mol. The van der Waals surface area contributed by atoms with Gasteiger partial charge in [0.15, 0.2) is 0 Å². The van der Waals surface area contributed by atoms with E-state index in [4.69, 9.17) is 9.51 Å². The van der Waals surface area contributed by atoms with Crippen molar-refractivity contribution in [2.45, 2.75) is 6.04 Å². The van der Waals surface area contributed by atoms with E-state index in [1.165, 1.54) is 0 Å². The molecule has 1 amide bonds. The van der Waals surface area contributed by atoms with Crippen LogP contribution in [0, 0.1) is 0 Å². The molecule has 152 valence electrons. The highest BCUT2D eigenvalue weighted by Gasteiger charge is 2.25. The Kier molecular flexibility index (Phi) is 4.80. The van der Waals surface area contributed by atoms with Gasteiger partial charge >= 0.3 is 0 Å². The van der Waals surface area contributed by atoms with Crippen molar-refractivity contribution in [3.05, 3.63) is 108 Å². The number of carbonyl (C=O) groups is 1. The Labute approximate surface area is 179 Å². The van der Waals surface area contributed by atoms with E-state index < -0.39 is 6.04 Å². The van der Waals surface area contributed by atoms with Gasteiger partial charge in [0.2, 0.25) is 5.76 Å². The summed E-state index contributed by atoms with van der Waals surface area (Å²) in [4.78, 5) is 17.9. The zero-order valence-electron chi connectivity index (χ0n) is 16.9. The third kappa shape index (κ3) is 3.59. The van der Waals surface area contributed by atoms with E-state index in [1.54, 1.807) is 6.07 Å². The highest BCUT2D eigenvalue weighted by Crippen LogP contribution is 2.26. The van der Waals surface area contributed by atoms with Crippen LogP contribution in [-0.2, 0) is 7.05 Å². The first-order valence-electron chi connectivity index (χ1n) is 10.00. The lowest BCUT2D eigenvalue weighted by molar-refractivity contribution is 0.0904. The van der Waals surface area contributed by atoms with E-state index >= 15 is 0 Å². The maximum absolute atomic E-state index is 13.1. The Hall–Kier alpha value is -4.19. The van der Waals surface area contributed by atoms with Crippen LogP contribution in [0.5, 0.6) is 0 Å². The topological polar surface area (TPSA) is 73.0 Å². The first kappa shape index (κ1) is 18.8. The van der Waals surface area contributed by atoms with E-state index in [-0.39, 0.29) is 11.7 Å². The van der Waals surface area contributed by atoms with Crippen molar-refractivity contribution in [3.63, 3.8) is 0 Å². The van der Waals surface area contributed by atoms with E-state index in [0.717, 1.165) is 28.0 Å². The minimum atomic E-state index is -0.448. The van der Waals surface area contributed by atoms with Crippen molar-refractivity contribution in [3.8, 4) is 11.3 Å². The molecular weight excluding hydrogens is 388 g/mol. The summed E-state index contributed by atoms with van der Waals surface area (Å²) in [6.45, 7) is 0. The average Bonchev–Trinajstić information content (AvgIpc) is 3.44. The minimum Gasteiger partial charge on any atom is -0.350 e. The zero-order valence-corrected chi connectivity index (χ0v) is 16.9. The van der Waals surface area contributed by atoms with Crippen molar-refractivity contribution in [1.29, 1.82) is 0 Å². The number of aryl methyl sites for hydroxylation is 1. The normalized spacial score (nSPS) is 12.0. The third-order valence-electron chi connectivity index (χ3n) is 5.29. The molecule has 1 atom stereocenters. The van der Waals surface area contributed by atoms with Crippen LogP contribution in [0.1, 0.15) is 28.0 Å². The summed E-state index contributed by atoms with van der Waals surface area (Å²) in [6.07, 6.45) is 0. The smallest absolute Gasteiger partial charge is 0.290 e. The second-order valence-electron chi connectivity index (χ2n) is 7.28. The monoisotopic (exact) mass is 408 g/mol. The lowest BCUT2D eigenvalue weighted by atomic mass is 10.1. The first-order chi connectivity index (χ1) is 15.2. The number of rotatable bonds is 5. The molecule has 2 aromatic heterocycles. The van der Waals surface area contributed by atoms with Crippen molar-refractivity contribution < 1.29 is 9.32 Å². The van der Waals surface area contributed by atoms with E-state index in [2.05, 4.69) is 10.5 Å². The number of hydrogen-bond acceptors (Lipinski definition) is 4. The highest BCUT2D eigenvalue weighted by molar-refractivity contribution is 5.93. The Balaban J connectivity index is 1.50. The molecule has 0 saturated heterocycles. The second kappa shape index (κ2) is 7.91. The Morgan fingerprint density at radius 2 is 1.61 bits per heavy atom. The number of nitrogens with one attached hydrogen (secondary N) is 1. The molecule has 5 rings (SSSR count). The number of para-hydroxylation sites is 2. The molecule has 6 nitrogen and oxygen atoms in total. The lowest BCUT2D eigenvalue weighted by Crippen LogP contribution is -2.30. The Morgan fingerprint density at radius 1 is 0.935 bits per heavy atom. The standard InChI is InChI=1S/C25H20N4O2/c1-29-21-15-9-8-14-19(21)26-24(29)23(18-12-6-3-7-13-18)27-25(30)22-16-20(28-31-22)17-10-4-2-5-11-17/h2-16,23H,1H3,(H,27,30). The number of amides is 1. The van der Waals surface area contributed by atoms with Gasteiger partial charge in [-0.05, 0) is 17.7 Å². The summed E-state index contributed by atoms with van der Waals surface area (Å²) in [5.41, 5.74) is 4.31. The van der Waals surface area contributed by atoms with Crippen LogP contribution in [0.25, 0.3) is 22.3 Å². The molecule has 0 radical (unpaired) electrons. The fourth-order valence-corrected chi connectivity index (χ4v) is 3.69. The second-order valence-corrected chi connectivity index (χ2v) is 7.28. The predicted octanol–water partition coefficient (Wildman–Crippen LogP) is 4.75. The van der Waals surface area contributed by atoms with Gasteiger partial charge in [-0.15, -0.1) is 0 Å². The van der Waals surface area contributed by atoms with Gasteiger partial charge in [0.25, 0.3) is 5.91 Å². The van der Waals surface area contributed by atoms with E-state index in [9.17, 15) is 4.79 Å². The molecule has 6 heteroatoms. The SMILES string of the molecule is Cn1c(C(NC(=O)c2cc(-c3ccccc3)no2)c2ccccc2)nc2ccccc21. The molecule has 0 aliphatic carbocycles. The number of fused-ring (bicyclic) bond motifs is 1. The molecule has 31 heavy (non-hydrogen) atoms. The summed E-state index contributed by atoms with van der Waals surface area (Å²) in [5, 5.41) is 7.13. The average molecular weight is 408 g/mol. The quantitative estimate of drug-likeness (QED) is 0.456. The van der Waals surface area contributed by atoms with Gasteiger partial charge in [-0.2, -0.15) is 0 Å². The van der Waals surface area contributed by atoms with Gasteiger partial charge in [0.05, 0.1) is 11.0 Å².